The van der Waals surface area contributed by atoms with Crippen molar-refractivity contribution in [2.75, 3.05) is 13.7 Å². The maximum Gasteiger partial charge on any atom is 0.418 e. The van der Waals surface area contributed by atoms with Gasteiger partial charge < -0.3 is 13.9 Å². The van der Waals surface area contributed by atoms with Gasteiger partial charge in [-0.15, -0.1) is 0 Å². The summed E-state index contributed by atoms with van der Waals surface area (Å²) in [6, 6.07) is 19.2. The fraction of sp³-hybridized carbons (Fsp3) is 0.160. The second-order valence-electron chi connectivity index (χ2n) is 6.94. The van der Waals surface area contributed by atoms with E-state index in [4.69, 9.17) is 13.9 Å². The Morgan fingerprint density at radius 2 is 1.62 bits per heavy atom. The molecule has 4 aromatic rings. The molecule has 164 valence electrons. The van der Waals surface area contributed by atoms with Crippen molar-refractivity contribution >= 4 is 16.7 Å². The van der Waals surface area contributed by atoms with Gasteiger partial charge in [0.25, 0.3) is 0 Å². The first-order chi connectivity index (χ1) is 15.4. The zero-order valence-electron chi connectivity index (χ0n) is 17.4. The molecule has 3 aromatic carbocycles. The highest BCUT2D eigenvalue weighted by molar-refractivity contribution is 5.80. The Balaban J connectivity index is 1.98. The molecule has 1 heterocycles. The highest BCUT2D eigenvalue weighted by Crippen LogP contribution is 2.36. The van der Waals surface area contributed by atoms with Crippen LogP contribution in [0.15, 0.2) is 82.2 Å². The predicted molar refractivity (Wildman–Crippen MR) is 116 cm³/mol. The lowest BCUT2D eigenvalue weighted by atomic mass is 10.1. The van der Waals surface area contributed by atoms with Gasteiger partial charge in [0.1, 0.15) is 22.8 Å². The Hall–Kier alpha value is -3.74. The van der Waals surface area contributed by atoms with Gasteiger partial charge in [0.2, 0.25) is 0 Å². The quantitative estimate of drug-likeness (QED) is 0.345. The first-order valence-electron chi connectivity index (χ1n) is 9.95. The van der Waals surface area contributed by atoms with Crippen molar-refractivity contribution in [1.82, 2.24) is 0 Å². The summed E-state index contributed by atoms with van der Waals surface area (Å²) in [6.07, 6.45) is -4.52. The fourth-order valence-corrected chi connectivity index (χ4v) is 3.34. The second kappa shape index (κ2) is 8.78. The van der Waals surface area contributed by atoms with Crippen LogP contribution in [0.1, 0.15) is 12.5 Å². The number of para-hydroxylation sites is 1. The zero-order chi connectivity index (χ0) is 22.7. The average Bonchev–Trinajstić information content (AvgIpc) is 2.79. The second-order valence-corrected chi connectivity index (χ2v) is 6.94. The Labute approximate surface area is 182 Å². The van der Waals surface area contributed by atoms with Crippen LogP contribution in [0, 0.1) is 0 Å². The molecule has 0 radical (unpaired) electrons. The van der Waals surface area contributed by atoms with Crippen molar-refractivity contribution in [3.05, 3.63) is 83.7 Å². The van der Waals surface area contributed by atoms with Crippen molar-refractivity contribution in [3.8, 4) is 22.8 Å². The molecule has 4 rings (SSSR count). The van der Waals surface area contributed by atoms with Crippen molar-refractivity contribution in [2.24, 2.45) is 4.99 Å². The molecule has 0 saturated heterocycles. The highest BCUT2D eigenvalue weighted by Gasteiger charge is 2.33. The van der Waals surface area contributed by atoms with Gasteiger partial charge in [-0.25, -0.2) is 4.99 Å². The van der Waals surface area contributed by atoms with Crippen molar-refractivity contribution in [1.29, 1.82) is 0 Å². The van der Waals surface area contributed by atoms with Crippen LogP contribution in [-0.4, -0.2) is 13.7 Å². The monoisotopic (exact) mass is 439 g/mol. The van der Waals surface area contributed by atoms with E-state index in [2.05, 4.69) is 4.99 Å². The van der Waals surface area contributed by atoms with Crippen LogP contribution < -0.4 is 14.8 Å². The van der Waals surface area contributed by atoms with Gasteiger partial charge in [-0.1, -0.05) is 12.1 Å². The molecule has 0 saturated carbocycles. The van der Waals surface area contributed by atoms with Crippen molar-refractivity contribution < 1.29 is 27.1 Å². The first kappa shape index (κ1) is 21.5. The molecule has 4 nitrogen and oxygen atoms in total. The van der Waals surface area contributed by atoms with Crippen molar-refractivity contribution in [2.45, 2.75) is 13.1 Å². The summed E-state index contributed by atoms with van der Waals surface area (Å²) in [7, 11) is 1.57. The van der Waals surface area contributed by atoms with Gasteiger partial charge in [0.15, 0.2) is 0 Å². The van der Waals surface area contributed by atoms with Crippen LogP contribution in [0.3, 0.4) is 0 Å². The van der Waals surface area contributed by atoms with Gasteiger partial charge in [0.05, 0.1) is 30.3 Å². The topological polar surface area (TPSA) is 44.0 Å². The number of methoxy groups -OCH3 is 1. The Bertz CT molecular complexity index is 1310. The summed E-state index contributed by atoms with van der Waals surface area (Å²) in [5.41, 5.74) is 0.239. The van der Waals surface area contributed by atoms with Crippen LogP contribution >= 0.6 is 0 Å². The van der Waals surface area contributed by atoms with E-state index >= 15 is 0 Å². The molecule has 0 aliphatic rings. The Morgan fingerprint density at radius 1 is 0.906 bits per heavy atom. The number of ether oxygens (including phenoxy) is 2. The van der Waals surface area contributed by atoms with E-state index in [-0.39, 0.29) is 5.69 Å². The van der Waals surface area contributed by atoms with Gasteiger partial charge in [-0.2, -0.15) is 13.2 Å². The molecule has 0 unspecified atom stereocenters. The van der Waals surface area contributed by atoms with E-state index in [1.165, 1.54) is 18.2 Å². The number of alkyl halides is 3. The molecule has 0 aliphatic heterocycles. The number of benzene rings is 3. The smallest absolute Gasteiger partial charge is 0.418 e. The number of halogens is 3. The normalized spacial score (nSPS) is 12.2. The lowest BCUT2D eigenvalue weighted by molar-refractivity contribution is -0.137. The third-order valence-corrected chi connectivity index (χ3v) is 4.85. The lowest BCUT2D eigenvalue weighted by Gasteiger charge is -2.11. The van der Waals surface area contributed by atoms with Crippen molar-refractivity contribution in [3.63, 3.8) is 0 Å². The number of fused-ring (bicyclic) bond motifs is 1. The number of rotatable bonds is 5. The molecule has 0 spiro atoms. The largest absolute Gasteiger partial charge is 0.497 e. The van der Waals surface area contributed by atoms with Crippen LogP contribution in [0.25, 0.3) is 22.3 Å². The first-order valence-corrected chi connectivity index (χ1v) is 9.95. The van der Waals surface area contributed by atoms with E-state index in [1.807, 2.05) is 19.1 Å². The summed E-state index contributed by atoms with van der Waals surface area (Å²) in [5, 5.41) is 0.889. The Morgan fingerprint density at radius 3 is 2.31 bits per heavy atom. The van der Waals surface area contributed by atoms with Crippen LogP contribution in [-0.2, 0) is 6.18 Å². The standard InChI is InChI=1S/C25H20F3NO3/c1-3-31-18-12-13-23-19(14-18)22(29-21-7-5-4-6-20(21)25(26,27)28)15-24(32-23)16-8-10-17(30-2)11-9-16/h4-15H,3H2,1-2H3. The summed E-state index contributed by atoms with van der Waals surface area (Å²) in [6.45, 7) is 2.31. The number of hydrogen-bond donors (Lipinski definition) is 0. The maximum atomic E-state index is 13.5. The molecule has 0 atom stereocenters. The van der Waals surface area contributed by atoms with E-state index < -0.39 is 11.7 Å². The minimum absolute atomic E-state index is 0.171. The molecular formula is C25H20F3NO3. The van der Waals surface area contributed by atoms with Gasteiger partial charge in [-0.3, -0.25) is 0 Å². The summed E-state index contributed by atoms with van der Waals surface area (Å²) >= 11 is 0. The zero-order valence-corrected chi connectivity index (χ0v) is 17.4. The minimum Gasteiger partial charge on any atom is -0.497 e. The lowest BCUT2D eigenvalue weighted by Crippen LogP contribution is -2.08. The third-order valence-electron chi connectivity index (χ3n) is 4.85. The fourth-order valence-electron chi connectivity index (χ4n) is 3.34. The van der Waals surface area contributed by atoms with E-state index in [9.17, 15) is 13.2 Å². The van der Waals surface area contributed by atoms with E-state index in [0.29, 0.717) is 40.2 Å². The van der Waals surface area contributed by atoms with Gasteiger partial charge in [-0.05, 0) is 61.5 Å². The molecule has 0 N–H and O–H groups in total. The summed E-state index contributed by atoms with van der Waals surface area (Å²) in [4.78, 5) is 4.40. The van der Waals surface area contributed by atoms with E-state index in [1.54, 1.807) is 43.5 Å². The molecular weight excluding hydrogens is 419 g/mol. The average molecular weight is 439 g/mol. The van der Waals surface area contributed by atoms with E-state index in [0.717, 1.165) is 11.6 Å². The van der Waals surface area contributed by atoms with Gasteiger partial charge >= 0.3 is 6.18 Å². The summed E-state index contributed by atoms with van der Waals surface area (Å²) < 4.78 is 57.4. The molecule has 1 aromatic heterocycles. The maximum absolute atomic E-state index is 13.5. The van der Waals surface area contributed by atoms with Crippen LogP contribution in [0.4, 0.5) is 18.9 Å². The molecule has 7 heteroatoms. The molecule has 0 aliphatic carbocycles. The van der Waals surface area contributed by atoms with Crippen LogP contribution in [0.2, 0.25) is 0 Å². The van der Waals surface area contributed by atoms with Gasteiger partial charge in [0, 0.05) is 17.0 Å². The molecule has 0 fully saturated rings. The highest BCUT2D eigenvalue weighted by atomic mass is 19.4. The number of nitrogens with zero attached hydrogens (tertiary/aromatic N) is 1. The molecule has 0 bridgehead atoms. The summed E-state index contributed by atoms with van der Waals surface area (Å²) in [5.74, 6) is 1.72. The molecule has 32 heavy (non-hydrogen) atoms. The molecule has 0 amide bonds. The SMILES string of the molecule is CCOc1ccc2oc(-c3ccc(OC)cc3)cc(=Nc3ccccc3C(F)(F)F)c2c1. The predicted octanol–water partition coefficient (Wildman–Crippen LogP) is 6.76. The Kier molecular flexibility index (Phi) is 5.90. The van der Waals surface area contributed by atoms with Crippen LogP contribution in [0.5, 0.6) is 11.5 Å². The minimum atomic E-state index is -4.52. The third kappa shape index (κ3) is 4.46. The number of hydrogen-bond acceptors (Lipinski definition) is 4.